The summed E-state index contributed by atoms with van der Waals surface area (Å²) in [5, 5.41) is 0. The van der Waals surface area contributed by atoms with Gasteiger partial charge in [-0.2, -0.15) is 0 Å². The molecule has 0 aromatic rings. The summed E-state index contributed by atoms with van der Waals surface area (Å²) in [4.78, 5) is 0. The zero-order valence-corrected chi connectivity index (χ0v) is 11.4. The highest BCUT2D eigenvalue weighted by atomic mass is 14.1. The molecular formula is C15H32. The van der Waals surface area contributed by atoms with Crippen molar-refractivity contribution < 1.29 is 0 Å². The standard InChI is InChI=1S/C15H32/c1-4-6-7-8-9-10-11-12-14-15(3)13-5-2/h15H,4-14H2,1-3H3/t15-/m0/s1. The summed E-state index contributed by atoms with van der Waals surface area (Å²) in [6.07, 6.45) is 15.9. The molecule has 0 amide bonds. The lowest BCUT2D eigenvalue weighted by Crippen LogP contribution is -1.93. The number of rotatable bonds is 11. The summed E-state index contributed by atoms with van der Waals surface area (Å²) in [6.45, 7) is 6.99. The van der Waals surface area contributed by atoms with Crippen LogP contribution in [0.3, 0.4) is 0 Å². The summed E-state index contributed by atoms with van der Waals surface area (Å²) < 4.78 is 0. The third-order valence-electron chi connectivity index (χ3n) is 3.33. The Morgan fingerprint density at radius 2 is 1.13 bits per heavy atom. The molecule has 0 aliphatic heterocycles. The fraction of sp³-hybridized carbons (Fsp3) is 1.00. The minimum atomic E-state index is 0.968. The molecule has 0 saturated heterocycles. The molecule has 0 bridgehead atoms. The van der Waals surface area contributed by atoms with Crippen LogP contribution in [-0.2, 0) is 0 Å². The zero-order chi connectivity index (χ0) is 11.4. The third-order valence-corrected chi connectivity index (χ3v) is 3.33. The van der Waals surface area contributed by atoms with Crippen LogP contribution in [0.25, 0.3) is 0 Å². The first kappa shape index (κ1) is 15.0. The Bertz CT molecular complexity index is 107. The first-order chi connectivity index (χ1) is 7.31. The van der Waals surface area contributed by atoms with Gasteiger partial charge in [0.1, 0.15) is 0 Å². The van der Waals surface area contributed by atoms with E-state index in [1.54, 1.807) is 0 Å². The zero-order valence-electron chi connectivity index (χ0n) is 11.4. The largest absolute Gasteiger partial charge is 0.0654 e. The van der Waals surface area contributed by atoms with Crippen LogP contribution in [0.4, 0.5) is 0 Å². The van der Waals surface area contributed by atoms with E-state index in [-0.39, 0.29) is 0 Å². The average molecular weight is 212 g/mol. The lowest BCUT2D eigenvalue weighted by molar-refractivity contribution is 0.450. The second kappa shape index (κ2) is 12.1. The Kier molecular flexibility index (Phi) is 12.1. The average Bonchev–Trinajstić information content (AvgIpc) is 2.22. The lowest BCUT2D eigenvalue weighted by Gasteiger charge is -2.09. The van der Waals surface area contributed by atoms with Crippen LogP contribution in [0.1, 0.15) is 91.4 Å². The molecule has 0 unspecified atom stereocenters. The molecule has 15 heavy (non-hydrogen) atoms. The van der Waals surface area contributed by atoms with E-state index in [2.05, 4.69) is 20.8 Å². The maximum absolute atomic E-state index is 2.41. The highest BCUT2D eigenvalue weighted by molar-refractivity contribution is 4.53. The van der Waals surface area contributed by atoms with Gasteiger partial charge in [0.05, 0.1) is 0 Å². The Labute approximate surface area is 97.8 Å². The van der Waals surface area contributed by atoms with Gasteiger partial charge in [0.25, 0.3) is 0 Å². The van der Waals surface area contributed by atoms with Crippen molar-refractivity contribution in [3.05, 3.63) is 0 Å². The molecular weight excluding hydrogens is 180 g/mol. The third kappa shape index (κ3) is 11.9. The van der Waals surface area contributed by atoms with E-state index in [9.17, 15) is 0 Å². The minimum absolute atomic E-state index is 0.968. The number of hydrogen-bond acceptors (Lipinski definition) is 0. The smallest absolute Gasteiger partial charge is 0.0443 e. The van der Waals surface area contributed by atoms with Gasteiger partial charge in [-0.25, -0.2) is 0 Å². The van der Waals surface area contributed by atoms with Crippen molar-refractivity contribution >= 4 is 0 Å². The maximum Gasteiger partial charge on any atom is -0.0443 e. The van der Waals surface area contributed by atoms with Gasteiger partial charge in [-0.15, -0.1) is 0 Å². The van der Waals surface area contributed by atoms with E-state index in [0.717, 1.165) is 5.92 Å². The maximum atomic E-state index is 2.41. The molecule has 0 spiro atoms. The van der Waals surface area contributed by atoms with Crippen molar-refractivity contribution in [2.24, 2.45) is 5.92 Å². The van der Waals surface area contributed by atoms with Crippen LogP contribution >= 0.6 is 0 Å². The van der Waals surface area contributed by atoms with Crippen molar-refractivity contribution in [3.63, 3.8) is 0 Å². The molecule has 0 nitrogen and oxygen atoms in total. The van der Waals surface area contributed by atoms with Crippen molar-refractivity contribution in [3.8, 4) is 0 Å². The van der Waals surface area contributed by atoms with Gasteiger partial charge in [0, 0.05) is 0 Å². The fourth-order valence-electron chi connectivity index (χ4n) is 2.26. The Morgan fingerprint density at radius 1 is 0.600 bits per heavy atom. The van der Waals surface area contributed by atoms with E-state index in [1.165, 1.54) is 70.6 Å². The lowest BCUT2D eigenvalue weighted by atomic mass is 9.98. The van der Waals surface area contributed by atoms with Crippen molar-refractivity contribution in [1.82, 2.24) is 0 Å². The Balaban J connectivity index is 2.98. The van der Waals surface area contributed by atoms with Crippen LogP contribution in [0.2, 0.25) is 0 Å². The Morgan fingerprint density at radius 3 is 1.67 bits per heavy atom. The topological polar surface area (TPSA) is 0 Å². The molecule has 0 aromatic heterocycles. The van der Waals surface area contributed by atoms with Crippen LogP contribution < -0.4 is 0 Å². The van der Waals surface area contributed by atoms with Gasteiger partial charge in [-0.3, -0.25) is 0 Å². The second-order valence-electron chi connectivity index (χ2n) is 5.16. The van der Waals surface area contributed by atoms with E-state index in [1.807, 2.05) is 0 Å². The highest BCUT2D eigenvalue weighted by Crippen LogP contribution is 2.16. The predicted octanol–water partition coefficient (Wildman–Crippen LogP) is 5.95. The molecule has 0 rings (SSSR count). The fourth-order valence-corrected chi connectivity index (χ4v) is 2.26. The van der Waals surface area contributed by atoms with E-state index >= 15 is 0 Å². The molecule has 0 fully saturated rings. The van der Waals surface area contributed by atoms with E-state index in [0.29, 0.717) is 0 Å². The molecule has 0 aliphatic rings. The molecule has 0 radical (unpaired) electrons. The van der Waals surface area contributed by atoms with E-state index < -0.39 is 0 Å². The number of hydrogen-bond donors (Lipinski definition) is 0. The highest BCUT2D eigenvalue weighted by Gasteiger charge is 1.99. The van der Waals surface area contributed by atoms with Crippen molar-refractivity contribution in [1.29, 1.82) is 0 Å². The normalized spacial score (nSPS) is 13.0. The van der Waals surface area contributed by atoms with Gasteiger partial charge >= 0.3 is 0 Å². The van der Waals surface area contributed by atoms with Crippen LogP contribution in [0.15, 0.2) is 0 Å². The van der Waals surface area contributed by atoms with Crippen molar-refractivity contribution in [2.75, 3.05) is 0 Å². The second-order valence-corrected chi connectivity index (χ2v) is 5.16. The van der Waals surface area contributed by atoms with Crippen LogP contribution in [0.5, 0.6) is 0 Å². The molecule has 0 aromatic carbocycles. The molecule has 0 heteroatoms. The monoisotopic (exact) mass is 212 g/mol. The predicted molar refractivity (Wildman–Crippen MR) is 71.3 cm³/mol. The summed E-state index contributed by atoms with van der Waals surface area (Å²) in [5.74, 6) is 0.968. The van der Waals surface area contributed by atoms with Crippen LogP contribution in [0, 0.1) is 5.92 Å². The quantitative estimate of drug-likeness (QED) is 0.371. The van der Waals surface area contributed by atoms with Gasteiger partial charge in [0.2, 0.25) is 0 Å². The SMILES string of the molecule is CCCCCCCCCC[C@@H](C)CCC. The molecule has 1 atom stereocenters. The van der Waals surface area contributed by atoms with E-state index in [4.69, 9.17) is 0 Å². The van der Waals surface area contributed by atoms with Crippen LogP contribution in [-0.4, -0.2) is 0 Å². The summed E-state index contributed by atoms with van der Waals surface area (Å²) in [6, 6.07) is 0. The van der Waals surface area contributed by atoms with Gasteiger partial charge < -0.3 is 0 Å². The van der Waals surface area contributed by atoms with Gasteiger partial charge in [-0.05, 0) is 5.92 Å². The first-order valence-corrected chi connectivity index (χ1v) is 7.31. The molecule has 0 N–H and O–H groups in total. The Hall–Kier alpha value is 0. The first-order valence-electron chi connectivity index (χ1n) is 7.31. The van der Waals surface area contributed by atoms with Gasteiger partial charge in [0.15, 0.2) is 0 Å². The molecule has 0 heterocycles. The molecule has 0 saturated carbocycles. The summed E-state index contributed by atoms with van der Waals surface area (Å²) in [7, 11) is 0. The van der Waals surface area contributed by atoms with Gasteiger partial charge in [-0.1, -0.05) is 91.4 Å². The molecule has 92 valence electrons. The summed E-state index contributed by atoms with van der Waals surface area (Å²) >= 11 is 0. The molecule has 0 aliphatic carbocycles. The number of unbranched alkanes of at least 4 members (excludes halogenated alkanes) is 7. The van der Waals surface area contributed by atoms with Crippen molar-refractivity contribution in [2.45, 2.75) is 91.4 Å². The minimum Gasteiger partial charge on any atom is -0.0654 e. The summed E-state index contributed by atoms with van der Waals surface area (Å²) in [5.41, 5.74) is 0.